The van der Waals surface area contributed by atoms with Gasteiger partial charge in [-0.1, -0.05) is 0 Å². The average molecular weight is 287 g/mol. The molecule has 4 nitrogen and oxygen atoms in total. The van der Waals surface area contributed by atoms with Crippen LogP contribution in [0, 0.1) is 0 Å². The lowest BCUT2D eigenvalue weighted by atomic mass is 10.0. The number of alkyl halides is 3. The first-order chi connectivity index (χ1) is 9.41. The number of carbonyl (C=O) groups is 1. The van der Waals surface area contributed by atoms with Crippen molar-refractivity contribution < 1.29 is 27.4 Å². The number of fused-ring (bicyclic) bond motifs is 1. The zero-order valence-corrected chi connectivity index (χ0v) is 10.7. The van der Waals surface area contributed by atoms with Crippen LogP contribution in [0.5, 0.6) is 5.88 Å². The second-order valence-electron chi connectivity index (χ2n) is 4.19. The van der Waals surface area contributed by atoms with Crippen molar-refractivity contribution in [2.75, 3.05) is 13.7 Å². The van der Waals surface area contributed by atoms with E-state index in [-0.39, 0.29) is 12.5 Å². The molecule has 0 bridgehead atoms. The summed E-state index contributed by atoms with van der Waals surface area (Å²) in [5, 5.41) is 0. The van der Waals surface area contributed by atoms with Gasteiger partial charge in [-0.2, -0.15) is 13.2 Å². The van der Waals surface area contributed by atoms with Crippen LogP contribution < -0.4 is 4.74 Å². The molecule has 0 N–H and O–H groups in total. The molecule has 7 heteroatoms. The van der Waals surface area contributed by atoms with Gasteiger partial charge in [0.2, 0.25) is 5.88 Å². The molecular weight excluding hydrogens is 275 g/mol. The molecule has 0 amide bonds. The van der Waals surface area contributed by atoms with E-state index in [4.69, 9.17) is 4.74 Å². The molecule has 0 saturated carbocycles. The van der Waals surface area contributed by atoms with Gasteiger partial charge in [-0.25, -0.2) is 9.78 Å². The lowest BCUT2D eigenvalue weighted by Gasteiger charge is -2.11. The van der Waals surface area contributed by atoms with Crippen LogP contribution in [0.2, 0.25) is 0 Å². The summed E-state index contributed by atoms with van der Waals surface area (Å²) in [6.45, 7) is 0.250. The first-order valence-electron chi connectivity index (χ1n) is 5.92. The van der Waals surface area contributed by atoms with Crippen molar-refractivity contribution in [3.05, 3.63) is 29.5 Å². The van der Waals surface area contributed by atoms with Crippen molar-refractivity contribution in [2.24, 2.45) is 0 Å². The molecule has 108 valence electrons. The smallest absolute Gasteiger partial charge is 0.433 e. The van der Waals surface area contributed by atoms with Crippen LogP contribution in [0.4, 0.5) is 13.2 Å². The summed E-state index contributed by atoms with van der Waals surface area (Å²) >= 11 is 0. The van der Waals surface area contributed by atoms with E-state index in [0.717, 1.165) is 6.07 Å². The molecule has 0 unspecified atom stereocenters. The maximum atomic E-state index is 12.6. The molecule has 0 aliphatic carbocycles. The molecular formula is C13H12F3NO3. The van der Waals surface area contributed by atoms with Gasteiger partial charge in [0.25, 0.3) is 0 Å². The molecule has 1 aromatic rings. The number of pyridine rings is 1. The number of nitrogens with zero attached hydrogens (tertiary/aromatic N) is 1. The summed E-state index contributed by atoms with van der Waals surface area (Å²) in [5.74, 6) is -0.666. The number of halogens is 3. The predicted octanol–water partition coefficient (Wildman–Crippen LogP) is 2.83. The Bertz CT molecular complexity index is 552. The second-order valence-corrected chi connectivity index (χ2v) is 4.19. The third-order valence-electron chi connectivity index (χ3n) is 2.82. The number of ether oxygens (including phenoxy) is 2. The van der Waals surface area contributed by atoms with Gasteiger partial charge in [-0.15, -0.1) is 0 Å². The Kier molecular flexibility index (Phi) is 3.96. The highest BCUT2D eigenvalue weighted by atomic mass is 19.4. The van der Waals surface area contributed by atoms with Crippen molar-refractivity contribution in [3.63, 3.8) is 0 Å². The van der Waals surface area contributed by atoms with Gasteiger partial charge >= 0.3 is 12.1 Å². The highest BCUT2D eigenvalue weighted by molar-refractivity contribution is 5.92. The van der Waals surface area contributed by atoms with E-state index in [9.17, 15) is 18.0 Å². The fourth-order valence-electron chi connectivity index (χ4n) is 1.87. The Hall–Kier alpha value is -2.05. The SMILES string of the molecule is COC(=O)/C=C1\CCCOc2nc(C(F)(F)F)ccc21. The predicted molar refractivity (Wildman–Crippen MR) is 64.0 cm³/mol. The molecule has 2 heterocycles. The highest BCUT2D eigenvalue weighted by Gasteiger charge is 2.33. The maximum absolute atomic E-state index is 12.6. The molecule has 0 fully saturated rings. The molecule has 0 radical (unpaired) electrons. The number of aromatic nitrogens is 1. The van der Waals surface area contributed by atoms with Crippen molar-refractivity contribution in [2.45, 2.75) is 19.0 Å². The number of carbonyl (C=O) groups excluding carboxylic acids is 1. The van der Waals surface area contributed by atoms with Gasteiger partial charge in [0.05, 0.1) is 13.7 Å². The first-order valence-corrected chi connectivity index (χ1v) is 5.92. The number of esters is 1. The minimum absolute atomic E-state index is 0.104. The van der Waals surface area contributed by atoms with Crippen LogP contribution >= 0.6 is 0 Å². The van der Waals surface area contributed by atoms with E-state index in [1.54, 1.807) is 0 Å². The van der Waals surface area contributed by atoms with Crippen molar-refractivity contribution >= 4 is 11.5 Å². The van der Waals surface area contributed by atoms with Crippen LogP contribution in [0.15, 0.2) is 18.2 Å². The quantitative estimate of drug-likeness (QED) is 0.588. The van der Waals surface area contributed by atoms with Gasteiger partial charge in [0.15, 0.2) is 0 Å². The Labute approximate surface area is 113 Å². The molecule has 0 aromatic carbocycles. The summed E-state index contributed by atoms with van der Waals surface area (Å²) in [6.07, 6.45) is -2.19. The summed E-state index contributed by atoms with van der Waals surface area (Å²) in [4.78, 5) is 14.8. The number of methoxy groups -OCH3 is 1. The summed E-state index contributed by atoms with van der Waals surface area (Å²) in [7, 11) is 1.23. The molecule has 1 aliphatic rings. The fraction of sp³-hybridized carbons (Fsp3) is 0.385. The lowest BCUT2D eigenvalue weighted by Crippen LogP contribution is -2.10. The molecule has 0 saturated heterocycles. The van der Waals surface area contributed by atoms with E-state index in [1.165, 1.54) is 19.3 Å². The third kappa shape index (κ3) is 3.09. The van der Waals surface area contributed by atoms with Crippen LogP contribution in [-0.4, -0.2) is 24.7 Å². The first kappa shape index (κ1) is 14.4. The second kappa shape index (κ2) is 5.52. The lowest BCUT2D eigenvalue weighted by molar-refractivity contribution is -0.141. The van der Waals surface area contributed by atoms with Crippen molar-refractivity contribution in [1.29, 1.82) is 0 Å². The summed E-state index contributed by atoms with van der Waals surface area (Å²) < 4.78 is 47.6. The van der Waals surface area contributed by atoms with Gasteiger partial charge in [0, 0.05) is 11.6 Å². The molecule has 2 rings (SSSR count). The number of rotatable bonds is 1. The molecule has 20 heavy (non-hydrogen) atoms. The number of hydrogen-bond donors (Lipinski definition) is 0. The summed E-state index contributed by atoms with van der Waals surface area (Å²) in [5.41, 5.74) is -0.0676. The van der Waals surface area contributed by atoms with Gasteiger partial charge in [-0.05, 0) is 30.5 Å². The molecule has 1 aromatic heterocycles. The Morgan fingerprint density at radius 1 is 1.45 bits per heavy atom. The van der Waals surface area contributed by atoms with Gasteiger partial charge in [0.1, 0.15) is 5.69 Å². The third-order valence-corrected chi connectivity index (χ3v) is 2.82. The van der Waals surface area contributed by atoms with Crippen molar-refractivity contribution in [3.8, 4) is 5.88 Å². The van der Waals surface area contributed by atoms with Crippen LogP contribution in [0.1, 0.15) is 24.1 Å². The van der Waals surface area contributed by atoms with E-state index < -0.39 is 17.8 Å². The molecule has 0 spiro atoms. The summed E-state index contributed by atoms with van der Waals surface area (Å²) in [6, 6.07) is 2.14. The molecule has 1 aliphatic heterocycles. The highest BCUT2D eigenvalue weighted by Crippen LogP contribution is 2.35. The maximum Gasteiger partial charge on any atom is 0.433 e. The van der Waals surface area contributed by atoms with Gasteiger partial charge in [-0.3, -0.25) is 0 Å². The molecule has 0 atom stereocenters. The average Bonchev–Trinajstić information content (AvgIpc) is 2.59. The van der Waals surface area contributed by atoms with E-state index in [0.29, 0.717) is 24.0 Å². The minimum atomic E-state index is -4.53. The minimum Gasteiger partial charge on any atom is -0.477 e. The van der Waals surface area contributed by atoms with E-state index >= 15 is 0 Å². The van der Waals surface area contributed by atoms with E-state index in [1.807, 2.05) is 0 Å². The Morgan fingerprint density at radius 3 is 2.85 bits per heavy atom. The van der Waals surface area contributed by atoms with Crippen molar-refractivity contribution in [1.82, 2.24) is 4.98 Å². The zero-order chi connectivity index (χ0) is 14.8. The number of allylic oxidation sites excluding steroid dienone is 1. The largest absolute Gasteiger partial charge is 0.477 e. The topological polar surface area (TPSA) is 48.4 Å². The normalized spacial score (nSPS) is 17.1. The van der Waals surface area contributed by atoms with Gasteiger partial charge < -0.3 is 9.47 Å². The van der Waals surface area contributed by atoms with Crippen LogP contribution in [0.25, 0.3) is 5.57 Å². The number of hydrogen-bond acceptors (Lipinski definition) is 4. The van der Waals surface area contributed by atoms with E-state index in [2.05, 4.69) is 9.72 Å². The standard InChI is InChI=1S/C13H12F3NO3/c1-19-11(18)7-8-3-2-6-20-12-9(8)4-5-10(17-12)13(14,15)16/h4-5,7H,2-3,6H2,1H3/b8-7+. The van der Waals surface area contributed by atoms with Crippen LogP contribution in [0.3, 0.4) is 0 Å². The fourth-order valence-corrected chi connectivity index (χ4v) is 1.87. The monoisotopic (exact) mass is 287 g/mol. The zero-order valence-electron chi connectivity index (χ0n) is 10.7. The Balaban J connectivity index is 2.46. The van der Waals surface area contributed by atoms with Crippen LogP contribution in [-0.2, 0) is 15.7 Å². The Morgan fingerprint density at radius 2 is 2.20 bits per heavy atom.